The molecule has 248 valence electrons. The zero-order valence-corrected chi connectivity index (χ0v) is 28.7. The van der Waals surface area contributed by atoms with Gasteiger partial charge in [-0.15, -0.1) is 12.4 Å². The monoisotopic (exact) mass is 675 g/mol. The summed E-state index contributed by atoms with van der Waals surface area (Å²) in [5.74, 6) is 5.49. The normalized spacial score (nSPS) is 9.57. The van der Waals surface area contributed by atoms with Gasteiger partial charge < -0.3 is 16.1 Å². The van der Waals surface area contributed by atoms with Gasteiger partial charge in [0.25, 0.3) is 0 Å². The Balaban J connectivity index is 0.000000339. The SMILES string of the molecule is CCN(CC)CC.Cc1ccccc1NN.Cl.N#CCC(=O)c1ccccn1.Nc1cc(-c2ccccn2)nn1-c1ccccc1Cl. The highest BCUT2D eigenvalue weighted by atomic mass is 35.5. The summed E-state index contributed by atoms with van der Waals surface area (Å²) in [6.07, 6.45) is 3.15. The summed E-state index contributed by atoms with van der Waals surface area (Å²) in [5.41, 5.74) is 13.3. The molecule has 0 fully saturated rings. The number of aromatic nitrogens is 4. The molecule has 2 aromatic carbocycles. The van der Waals surface area contributed by atoms with Gasteiger partial charge in [-0.3, -0.25) is 20.6 Å². The van der Waals surface area contributed by atoms with Crippen LogP contribution in [0.3, 0.4) is 0 Å². The van der Waals surface area contributed by atoms with Crippen molar-refractivity contribution in [2.45, 2.75) is 34.1 Å². The average Bonchev–Trinajstić information content (AvgIpc) is 3.49. The quantitative estimate of drug-likeness (QED) is 0.0867. The van der Waals surface area contributed by atoms with Gasteiger partial charge in [-0.1, -0.05) is 74.8 Å². The van der Waals surface area contributed by atoms with E-state index in [1.165, 1.54) is 31.4 Å². The van der Waals surface area contributed by atoms with Gasteiger partial charge in [0.2, 0.25) is 0 Å². The molecule has 0 saturated heterocycles. The number of ketones is 1. The number of pyridine rings is 2. The van der Waals surface area contributed by atoms with Crippen molar-refractivity contribution in [1.29, 1.82) is 5.26 Å². The maximum Gasteiger partial charge on any atom is 0.195 e. The van der Waals surface area contributed by atoms with E-state index in [1.807, 2.05) is 67.6 Å². The van der Waals surface area contributed by atoms with Crippen LogP contribution in [0.25, 0.3) is 17.1 Å². The van der Waals surface area contributed by atoms with E-state index in [1.54, 1.807) is 47.3 Å². The average molecular weight is 677 g/mol. The lowest BCUT2D eigenvalue weighted by Gasteiger charge is -2.13. The topological polar surface area (TPSA) is 152 Å². The molecule has 10 nitrogen and oxygen atoms in total. The third kappa shape index (κ3) is 13.6. The lowest BCUT2D eigenvalue weighted by molar-refractivity contribution is 0.0993. The minimum atomic E-state index is -0.229. The predicted molar refractivity (Wildman–Crippen MR) is 195 cm³/mol. The number of nitrogens with two attached hydrogens (primary N) is 2. The molecule has 0 aliphatic heterocycles. The van der Waals surface area contributed by atoms with Crippen molar-refractivity contribution >= 4 is 41.3 Å². The van der Waals surface area contributed by atoms with Gasteiger partial charge in [0, 0.05) is 18.5 Å². The Morgan fingerprint density at radius 2 is 1.49 bits per heavy atom. The van der Waals surface area contributed by atoms with Gasteiger partial charge in [-0.05, 0) is 74.6 Å². The lowest BCUT2D eigenvalue weighted by atomic mass is 10.2. The van der Waals surface area contributed by atoms with E-state index in [0.717, 1.165) is 22.8 Å². The first-order valence-corrected chi connectivity index (χ1v) is 15.2. The lowest BCUT2D eigenvalue weighted by Crippen LogP contribution is -2.21. The maximum absolute atomic E-state index is 11.0. The number of Topliss-reactive ketones (excluding diaryl/α,β-unsaturated/α-hetero) is 1. The van der Waals surface area contributed by atoms with E-state index >= 15 is 0 Å². The molecule has 3 heterocycles. The number of nitriles is 1. The Morgan fingerprint density at radius 1 is 0.894 bits per heavy atom. The molecule has 5 rings (SSSR count). The second-order valence-electron chi connectivity index (χ2n) is 9.58. The van der Waals surface area contributed by atoms with Crippen LogP contribution in [0.1, 0.15) is 43.2 Å². The fourth-order valence-corrected chi connectivity index (χ4v) is 4.16. The molecule has 5 aromatic rings. The van der Waals surface area contributed by atoms with Crippen LogP contribution < -0.4 is 17.0 Å². The summed E-state index contributed by atoms with van der Waals surface area (Å²) in [7, 11) is 0. The number of para-hydroxylation sites is 2. The number of anilines is 2. The molecule has 0 radical (unpaired) electrons. The Morgan fingerprint density at radius 3 is 1.98 bits per heavy atom. The summed E-state index contributed by atoms with van der Waals surface area (Å²) in [6.45, 7) is 12.1. The largest absolute Gasteiger partial charge is 0.384 e. The van der Waals surface area contributed by atoms with Crippen LogP contribution in [0.5, 0.6) is 0 Å². The number of benzene rings is 2. The first-order valence-electron chi connectivity index (χ1n) is 14.9. The van der Waals surface area contributed by atoms with Crippen LogP contribution in [-0.2, 0) is 0 Å². The molecular formula is C35H43Cl2N9O. The van der Waals surface area contributed by atoms with Gasteiger partial charge in [0.15, 0.2) is 5.78 Å². The number of halogens is 2. The third-order valence-electron chi connectivity index (χ3n) is 6.58. The number of nitrogens with zero attached hydrogens (tertiary/aromatic N) is 6. The van der Waals surface area contributed by atoms with Crippen molar-refractivity contribution in [2.75, 3.05) is 30.8 Å². The summed E-state index contributed by atoms with van der Waals surface area (Å²) in [6, 6.07) is 29.6. The van der Waals surface area contributed by atoms with Crippen LogP contribution in [0.15, 0.2) is 103 Å². The number of aryl methyl sites for hydroxylation is 1. The van der Waals surface area contributed by atoms with Gasteiger partial charge >= 0.3 is 0 Å². The molecule has 47 heavy (non-hydrogen) atoms. The van der Waals surface area contributed by atoms with Crippen molar-refractivity contribution < 1.29 is 4.79 Å². The molecule has 0 spiro atoms. The molecule has 0 amide bonds. The number of hydrogen-bond acceptors (Lipinski definition) is 9. The minimum absolute atomic E-state index is 0. The van der Waals surface area contributed by atoms with E-state index in [9.17, 15) is 4.79 Å². The maximum atomic E-state index is 11.0. The van der Waals surface area contributed by atoms with Crippen molar-refractivity contribution in [3.05, 3.63) is 120 Å². The second kappa shape index (κ2) is 22.7. The van der Waals surface area contributed by atoms with Gasteiger partial charge in [0.05, 0.1) is 28.2 Å². The molecular weight excluding hydrogens is 633 g/mol. The van der Waals surface area contributed by atoms with Crippen LogP contribution in [-0.4, -0.2) is 50.1 Å². The van der Waals surface area contributed by atoms with Crippen LogP contribution in [0, 0.1) is 18.3 Å². The highest BCUT2D eigenvalue weighted by Crippen LogP contribution is 2.25. The highest BCUT2D eigenvalue weighted by Gasteiger charge is 2.11. The molecule has 0 aliphatic rings. The number of rotatable bonds is 8. The Kier molecular flexibility index (Phi) is 19.4. The van der Waals surface area contributed by atoms with E-state index in [2.05, 4.69) is 46.2 Å². The fourth-order valence-electron chi connectivity index (χ4n) is 3.95. The molecule has 0 unspecified atom stereocenters. The van der Waals surface area contributed by atoms with Gasteiger partial charge in [-0.25, -0.2) is 4.68 Å². The van der Waals surface area contributed by atoms with Crippen LogP contribution in [0.2, 0.25) is 5.02 Å². The summed E-state index contributed by atoms with van der Waals surface area (Å²) in [4.78, 5) is 21.4. The summed E-state index contributed by atoms with van der Waals surface area (Å²) in [5, 5.41) is 13.3. The number of nitrogen functional groups attached to an aromatic ring is 2. The van der Waals surface area contributed by atoms with Crippen LogP contribution >= 0.6 is 24.0 Å². The molecule has 5 N–H and O–H groups in total. The molecule has 0 bridgehead atoms. The van der Waals surface area contributed by atoms with E-state index in [-0.39, 0.29) is 24.6 Å². The second-order valence-corrected chi connectivity index (χ2v) is 9.99. The zero-order valence-electron chi connectivity index (χ0n) is 27.2. The number of nitrogens with one attached hydrogen (secondary N) is 1. The summed E-state index contributed by atoms with van der Waals surface area (Å²) < 4.78 is 1.62. The Hall–Kier alpha value is -4.79. The summed E-state index contributed by atoms with van der Waals surface area (Å²) >= 11 is 6.15. The van der Waals surface area contributed by atoms with Crippen molar-refractivity contribution in [2.24, 2.45) is 5.84 Å². The minimum Gasteiger partial charge on any atom is -0.384 e. The highest BCUT2D eigenvalue weighted by molar-refractivity contribution is 6.32. The predicted octanol–water partition coefficient (Wildman–Crippen LogP) is 7.40. The zero-order chi connectivity index (χ0) is 33.7. The number of hydrogen-bond donors (Lipinski definition) is 3. The van der Waals surface area contributed by atoms with Crippen LogP contribution in [0.4, 0.5) is 11.5 Å². The van der Waals surface area contributed by atoms with Gasteiger partial charge in [0.1, 0.15) is 23.6 Å². The fraction of sp³-hybridized carbons (Fsp3) is 0.229. The van der Waals surface area contributed by atoms with Crippen molar-refractivity contribution in [3.63, 3.8) is 0 Å². The van der Waals surface area contributed by atoms with Gasteiger partial charge in [-0.2, -0.15) is 10.4 Å². The first kappa shape index (κ1) is 40.2. The van der Waals surface area contributed by atoms with Crippen molar-refractivity contribution in [3.8, 4) is 23.1 Å². The van der Waals surface area contributed by atoms with Crippen molar-refractivity contribution in [1.82, 2.24) is 24.6 Å². The first-order chi connectivity index (χ1) is 22.3. The molecule has 0 aliphatic carbocycles. The smallest absolute Gasteiger partial charge is 0.195 e. The Labute approximate surface area is 288 Å². The van der Waals surface area contributed by atoms with E-state index < -0.39 is 0 Å². The number of carbonyl (C=O) groups excluding carboxylic acids is 1. The molecule has 12 heteroatoms. The molecule has 3 aromatic heterocycles. The standard InChI is InChI=1S/C14H11ClN4.C8H6N2O.C7H10N2.C6H15N.ClH/c15-10-5-1-2-7-13(10)19-14(16)9-12(18-19)11-6-3-4-8-17-11;9-5-4-8(11)7-3-1-2-6-10-7;1-6-4-2-3-5-7(6)9-8;1-4-7(5-2)6-3;/h1-9H,16H2;1-3,6H,4H2;2-5,9H,8H2,1H3;4-6H2,1-3H3;1H. The van der Waals surface area contributed by atoms with E-state index in [4.69, 9.17) is 28.4 Å². The number of hydrazine groups is 1. The Bertz CT molecular complexity index is 1630. The third-order valence-corrected chi connectivity index (χ3v) is 6.90. The number of carbonyl (C=O) groups is 1. The van der Waals surface area contributed by atoms with E-state index in [0.29, 0.717) is 16.5 Å². The molecule has 0 saturated carbocycles. The molecule has 0 atom stereocenters.